The summed E-state index contributed by atoms with van der Waals surface area (Å²) >= 11 is 0. The number of para-hydroxylation sites is 1. The van der Waals surface area contributed by atoms with Crippen LogP contribution < -0.4 is 16.2 Å². The number of benzene rings is 2. The van der Waals surface area contributed by atoms with Crippen molar-refractivity contribution >= 4 is 28.3 Å². The molecule has 0 unspecified atom stereocenters. The van der Waals surface area contributed by atoms with E-state index in [1.807, 2.05) is 55.5 Å². The highest BCUT2D eigenvalue weighted by atomic mass is 16.3. The molecule has 0 saturated carbocycles. The van der Waals surface area contributed by atoms with E-state index in [2.05, 4.69) is 20.7 Å². The minimum atomic E-state index is -0.329. The second-order valence-corrected chi connectivity index (χ2v) is 7.58. The van der Waals surface area contributed by atoms with Crippen LogP contribution in [0.15, 0.2) is 88.3 Å². The highest BCUT2D eigenvalue weighted by Gasteiger charge is 2.13. The summed E-state index contributed by atoms with van der Waals surface area (Å²) in [5.41, 5.74) is 4.15. The monoisotopic (exact) mass is 439 g/mol. The molecule has 8 nitrogen and oxygen atoms in total. The molecular formula is C25H21N5O3. The number of nitrogens with zero attached hydrogens (tertiary/aromatic N) is 2. The molecule has 2 aromatic carbocycles. The molecule has 3 N–H and O–H groups in total. The molecule has 164 valence electrons. The zero-order chi connectivity index (χ0) is 22.8. The number of nitrogens with one attached hydrogen (secondary N) is 3. The Morgan fingerprint density at radius 2 is 1.85 bits per heavy atom. The lowest BCUT2D eigenvalue weighted by Gasteiger charge is -2.09. The quantitative estimate of drug-likeness (QED) is 0.362. The summed E-state index contributed by atoms with van der Waals surface area (Å²) in [4.78, 5) is 28.0. The van der Waals surface area contributed by atoms with Gasteiger partial charge < -0.3 is 20.0 Å². The van der Waals surface area contributed by atoms with Crippen LogP contribution in [-0.4, -0.2) is 20.7 Å². The number of carbonyl (C=O) groups is 1. The summed E-state index contributed by atoms with van der Waals surface area (Å²) in [5, 5.41) is 11.5. The summed E-state index contributed by atoms with van der Waals surface area (Å²) in [5.74, 6) is -0.0930. The van der Waals surface area contributed by atoms with Crippen LogP contribution in [-0.2, 0) is 6.54 Å². The average Bonchev–Trinajstić information content (AvgIpc) is 3.47. The van der Waals surface area contributed by atoms with E-state index in [1.165, 1.54) is 6.26 Å². The second-order valence-electron chi connectivity index (χ2n) is 7.58. The Morgan fingerprint density at radius 1 is 1.03 bits per heavy atom. The third-order valence-corrected chi connectivity index (χ3v) is 5.30. The van der Waals surface area contributed by atoms with Crippen molar-refractivity contribution in [2.75, 3.05) is 10.6 Å². The van der Waals surface area contributed by atoms with E-state index in [0.717, 1.165) is 22.5 Å². The van der Waals surface area contributed by atoms with Crippen molar-refractivity contribution in [3.8, 4) is 5.69 Å². The summed E-state index contributed by atoms with van der Waals surface area (Å²) in [6, 6.07) is 22.1. The number of hydrogen-bond acceptors (Lipinski definition) is 5. The molecule has 33 heavy (non-hydrogen) atoms. The van der Waals surface area contributed by atoms with Gasteiger partial charge in [0.1, 0.15) is 5.65 Å². The number of amides is 1. The second kappa shape index (κ2) is 8.51. The molecule has 0 spiro atoms. The summed E-state index contributed by atoms with van der Waals surface area (Å²) < 4.78 is 6.86. The molecule has 0 bridgehead atoms. The fourth-order valence-electron chi connectivity index (χ4n) is 3.65. The number of furan rings is 1. The van der Waals surface area contributed by atoms with Crippen molar-refractivity contribution in [3.05, 3.63) is 106 Å². The normalized spacial score (nSPS) is 10.9. The highest BCUT2D eigenvalue weighted by molar-refractivity contribution is 6.02. The maximum atomic E-state index is 12.8. The molecule has 1 amide bonds. The molecule has 0 atom stereocenters. The topological polar surface area (TPSA) is 105 Å². The zero-order valence-corrected chi connectivity index (χ0v) is 17.8. The zero-order valence-electron chi connectivity index (χ0n) is 17.8. The molecule has 0 aliphatic rings. The Hall–Kier alpha value is -4.59. The van der Waals surface area contributed by atoms with Crippen LogP contribution in [0.25, 0.3) is 16.7 Å². The van der Waals surface area contributed by atoms with Gasteiger partial charge in [0.05, 0.1) is 17.6 Å². The number of aromatic amines is 1. The number of aromatic nitrogens is 3. The van der Waals surface area contributed by atoms with Crippen LogP contribution in [0.2, 0.25) is 0 Å². The van der Waals surface area contributed by atoms with E-state index in [-0.39, 0.29) is 17.2 Å². The lowest BCUT2D eigenvalue weighted by molar-refractivity contribution is 0.0996. The molecule has 0 aliphatic carbocycles. The largest absolute Gasteiger partial charge is 0.459 e. The molecule has 3 heterocycles. The van der Waals surface area contributed by atoms with Gasteiger partial charge in [-0.3, -0.25) is 9.59 Å². The van der Waals surface area contributed by atoms with Gasteiger partial charge in [0.25, 0.3) is 11.5 Å². The number of pyridine rings is 1. The number of aryl methyl sites for hydroxylation is 1. The molecule has 3 aromatic heterocycles. The lowest BCUT2D eigenvalue weighted by Crippen LogP contribution is -2.16. The first-order valence-corrected chi connectivity index (χ1v) is 10.4. The molecular weight excluding hydrogens is 418 g/mol. The van der Waals surface area contributed by atoms with Gasteiger partial charge in [-0.2, -0.15) is 5.10 Å². The van der Waals surface area contributed by atoms with Crippen molar-refractivity contribution in [1.29, 1.82) is 0 Å². The number of carbonyl (C=O) groups excluding carboxylic acids is 1. The van der Waals surface area contributed by atoms with Crippen LogP contribution in [0.4, 0.5) is 11.4 Å². The van der Waals surface area contributed by atoms with Gasteiger partial charge in [0.2, 0.25) is 0 Å². The summed E-state index contributed by atoms with van der Waals surface area (Å²) in [7, 11) is 0. The molecule has 0 fully saturated rings. The maximum absolute atomic E-state index is 12.8. The predicted molar refractivity (Wildman–Crippen MR) is 127 cm³/mol. The average molecular weight is 439 g/mol. The van der Waals surface area contributed by atoms with Crippen LogP contribution in [0.5, 0.6) is 0 Å². The van der Waals surface area contributed by atoms with Gasteiger partial charge in [-0.25, -0.2) is 4.68 Å². The first-order valence-electron chi connectivity index (χ1n) is 10.4. The van der Waals surface area contributed by atoms with E-state index < -0.39 is 0 Å². The molecule has 8 heteroatoms. The third kappa shape index (κ3) is 4.14. The summed E-state index contributed by atoms with van der Waals surface area (Å²) in [6.07, 6.45) is 1.45. The Bertz CT molecular complexity index is 1480. The Morgan fingerprint density at radius 3 is 2.64 bits per heavy atom. The van der Waals surface area contributed by atoms with E-state index in [9.17, 15) is 9.59 Å². The van der Waals surface area contributed by atoms with Gasteiger partial charge in [-0.15, -0.1) is 0 Å². The third-order valence-electron chi connectivity index (χ3n) is 5.30. The van der Waals surface area contributed by atoms with Crippen LogP contribution in [0, 0.1) is 6.92 Å². The minimum Gasteiger partial charge on any atom is -0.459 e. The summed E-state index contributed by atoms with van der Waals surface area (Å²) in [6.45, 7) is 2.24. The van der Waals surface area contributed by atoms with Crippen LogP contribution in [0.1, 0.15) is 21.8 Å². The molecule has 5 aromatic rings. The van der Waals surface area contributed by atoms with Gasteiger partial charge in [0.15, 0.2) is 5.76 Å². The van der Waals surface area contributed by atoms with Crippen molar-refractivity contribution in [2.45, 2.75) is 13.5 Å². The van der Waals surface area contributed by atoms with Crippen LogP contribution in [0.3, 0.4) is 0 Å². The van der Waals surface area contributed by atoms with Crippen molar-refractivity contribution in [3.63, 3.8) is 0 Å². The number of hydrogen-bond donors (Lipinski definition) is 3. The fourth-order valence-corrected chi connectivity index (χ4v) is 3.65. The SMILES string of the molecule is Cc1nn(-c2ccccc2)c2[nH]c(=O)c(CNc3cccc(NC(=O)c4ccco4)c3)cc12. The van der Waals surface area contributed by atoms with Crippen molar-refractivity contribution in [1.82, 2.24) is 14.8 Å². The highest BCUT2D eigenvalue weighted by Crippen LogP contribution is 2.21. The smallest absolute Gasteiger partial charge is 0.291 e. The molecule has 0 radical (unpaired) electrons. The van der Waals surface area contributed by atoms with Gasteiger partial charge in [0, 0.05) is 28.9 Å². The van der Waals surface area contributed by atoms with E-state index >= 15 is 0 Å². The van der Waals surface area contributed by atoms with Gasteiger partial charge in [-0.05, 0) is 55.5 Å². The van der Waals surface area contributed by atoms with Gasteiger partial charge >= 0.3 is 0 Å². The predicted octanol–water partition coefficient (Wildman–Crippen LogP) is 4.48. The maximum Gasteiger partial charge on any atom is 0.291 e. The number of fused-ring (bicyclic) bond motifs is 1. The molecule has 0 saturated heterocycles. The minimum absolute atomic E-state index is 0.186. The first-order chi connectivity index (χ1) is 16.1. The van der Waals surface area contributed by atoms with Gasteiger partial charge in [-0.1, -0.05) is 24.3 Å². The van der Waals surface area contributed by atoms with E-state index in [0.29, 0.717) is 23.4 Å². The Kier molecular flexibility index (Phi) is 5.24. The number of anilines is 2. The molecule has 5 rings (SSSR count). The number of H-pyrrole nitrogens is 1. The Balaban J connectivity index is 1.36. The van der Waals surface area contributed by atoms with Crippen LogP contribution >= 0.6 is 0 Å². The Labute approximate surface area is 188 Å². The van der Waals surface area contributed by atoms with E-state index in [1.54, 1.807) is 28.9 Å². The van der Waals surface area contributed by atoms with E-state index in [4.69, 9.17) is 4.42 Å². The van der Waals surface area contributed by atoms with Crippen molar-refractivity contribution in [2.24, 2.45) is 0 Å². The number of rotatable bonds is 6. The first kappa shape index (κ1) is 20.3. The lowest BCUT2D eigenvalue weighted by atomic mass is 10.2. The van der Waals surface area contributed by atoms with Crippen molar-refractivity contribution < 1.29 is 9.21 Å². The molecule has 0 aliphatic heterocycles. The standard InChI is InChI=1S/C25H21N5O3/c1-16-21-13-17(24(31)28-23(21)30(29-16)20-9-3-2-4-10-20)15-26-18-7-5-8-19(14-18)27-25(32)22-11-6-12-33-22/h2-14,26H,15H2,1H3,(H,27,32)(H,28,31). The fraction of sp³-hybridized carbons (Fsp3) is 0.0800.